The molecule has 0 aromatic carbocycles. The van der Waals surface area contributed by atoms with E-state index in [1.807, 2.05) is 0 Å². The molecular weight excluding hydrogens is 427 g/mol. The van der Waals surface area contributed by atoms with Crippen molar-refractivity contribution in [2.45, 2.75) is 77.3 Å². The zero-order valence-electron chi connectivity index (χ0n) is 17.1. The lowest BCUT2D eigenvalue weighted by molar-refractivity contribution is -0.00255. The summed E-state index contributed by atoms with van der Waals surface area (Å²) in [6.07, 6.45) is 8.57. The Hall–Kier alpha value is -0.0800. The highest BCUT2D eigenvalue weighted by atomic mass is 127. The van der Waals surface area contributed by atoms with Gasteiger partial charge in [0.15, 0.2) is 5.96 Å². The van der Waals surface area contributed by atoms with Gasteiger partial charge in [-0.05, 0) is 47.2 Å². The van der Waals surface area contributed by atoms with Crippen molar-refractivity contribution in [2.24, 2.45) is 4.99 Å². The highest BCUT2D eigenvalue weighted by Gasteiger charge is 2.34. The number of nitrogens with zero attached hydrogens (tertiary/aromatic N) is 2. The lowest BCUT2D eigenvalue weighted by atomic mass is 9.89. The van der Waals surface area contributed by atoms with Gasteiger partial charge in [0.25, 0.3) is 0 Å². The number of guanidine groups is 1. The first-order valence-corrected chi connectivity index (χ1v) is 9.84. The van der Waals surface area contributed by atoms with E-state index >= 15 is 0 Å². The number of rotatable bonds is 10. The van der Waals surface area contributed by atoms with E-state index in [1.54, 1.807) is 0 Å². The molecule has 0 aromatic heterocycles. The summed E-state index contributed by atoms with van der Waals surface area (Å²) in [4.78, 5) is 7.24. The van der Waals surface area contributed by atoms with Crippen LogP contribution < -0.4 is 10.6 Å². The number of unbranched alkanes of at least 4 members (excludes halogenated alkanes) is 3. The van der Waals surface area contributed by atoms with E-state index in [-0.39, 0.29) is 29.5 Å². The fourth-order valence-electron chi connectivity index (χ4n) is 3.23. The largest absolute Gasteiger partial charge is 0.381 e. The van der Waals surface area contributed by atoms with E-state index in [0.29, 0.717) is 6.04 Å². The van der Waals surface area contributed by atoms with Crippen LogP contribution in [-0.4, -0.2) is 62.8 Å². The Balaban J connectivity index is 0.00000576. The second kappa shape index (κ2) is 14.0. The zero-order valence-corrected chi connectivity index (χ0v) is 19.4. The zero-order chi connectivity index (χ0) is 17.8. The number of aliphatic imine (C=N–C) groups is 1. The first kappa shape index (κ1) is 24.9. The molecule has 1 saturated heterocycles. The third kappa shape index (κ3) is 9.43. The Morgan fingerprint density at radius 3 is 2.40 bits per heavy atom. The topological polar surface area (TPSA) is 48.9 Å². The van der Waals surface area contributed by atoms with Gasteiger partial charge in [-0.25, -0.2) is 0 Å². The number of halogens is 1. The number of hydrogen-bond acceptors (Lipinski definition) is 3. The van der Waals surface area contributed by atoms with Crippen LogP contribution in [0.3, 0.4) is 0 Å². The summed E-state index contributed by atoms with van der Waals surface area (Å²) in [5, 5.41) is 6.98. The Bertz CT molecular complexity index is 357. The summed E-state index contributed by atoms with van der Waals surface area (Å²) in [5.41, 5.74) is 0.130. The molecule has 0 saturated carbocycles. The highest BCUT2D eigenvalue weighted by molar-refractivity contribution is 14.0. The Morgan fingerprint density at radius 1 is 1.16 bits per heavy atom. The van der Waals surface area contributed by atoms with Crippen LogP contribution >= 0.6 is 24.0 Å². The molecule has 1 aliphatic rings. The smallest absolute Gasteiger partial charge is 0.191 e. The minimum Gasteiger partial charge on any atom is -0.381 e. The van der Waals surface area contributed by atoms with Gasteiger partial charge >= 0.3 is 0 Å². The Kier molecular flexibility index (Phi) is 14.0. The molecule has 0 radical (unpaired) electrons. The van der Waals surface area contributed by atoms with Gasteiger partial charge in [0.1, 0.15) is 0 Å². The van der Waals surface area contributed by atoms with Crippen LogP contribution in [-0.2, 0) is 4.74 Å². The molecule has 0 aliphatic carbocycles. The third-order valence-electron chi connectivity index (χ3n) is 5.12. The second-order valence-electron chi connectivity index (χ2n) is 7.32. The van der Waals surface area contributed by atoms with E-state index in [9.17, 15) is 0 Å². The van der Waals surface area contributed by atoms with Gasteiger partial charge in [0.05, 0.1) is 6.54 Å². The summed E-state index contributed by atoms with van der Waals surface area (Å²) in [6.45, 7) is 10.0. The molecular formula is C19H41IN4O. The van der Waals surface area contributed by atoms with Crippen molar-refractivity contribution in [3.05, 3.63) is 0 Å². The molecule has 0 bridgehead atoms. The van der Waals surface area contributed by atoms with Crippen molar-refractivity contribution >= 4 is 29.9 Å². The second-order valence-corrected chi connectivity index (χ2v) is 7.32. The van der Waals surface area contributed by atoms with Crippen LogP contribution in [0.4, 0.5) is 0 Å². The maximum absolute atomic E-state index is 5.55. The van der Waals surface area contributed by atoms with Crippen molar-refractivity contribution in [3.8, 4) is 0 Å². The predicted octanol–water partition coefficient (Wildman–Crippen LogP) is 3.63. The van der Waals surface area contributed by atoms with Crippen LogP contribution in [0.2, 0.25) is 0 Å². The highest BCUT2D eigenvalue weighted by Crippen LogP contribution is 2.26. The first-order valence-electron chi connectivity index (χ1n) is 9.84. The van der Waals surface area contributed by atoms with Gasteiger partial charge in [0.2, 0.25) is 0 Å². The number of nitrogens with one attached hydrogen (secondary N) is 2. The summed E-state index contributed by atoms with van der Waals surface area (Å²) in [6, 6.07) is 0.463. The summed E-state index contributed by atoms with van der Waals surface area (Å²) < 4.78 is 5.55. The molecule has 0 spiro atoms. The molecule has 5 nitrogen and oxygen atoms in total. The Labute approximate surface area is 172 Å². The van der Waals surface area contributed by atoms with Crippen molar-refractivity contribution in [1.82, 2.24) is 15.5 Å². The van der Waals surface area contributed by atoms with Crippen molar-refractivity contribution < 1.29 is 4.74 Å². The van der Waals surface area contributed by atoms with E-state index in [4.69, 9.17) is 9.73 Å². The van der Waals surface area contributed by atoms with Gasteiger partial charge in [-0.2, -0.15) is 0 Å². The SMILES string of the molecule is CCCCCCC(C)NC(=NCC1(N(C)C)CCOCC1)NCC.I. The first-order chi connectivity index (χ1) is 11.5. The van der Waals surface area contributed by atoms with Gasteiger partial charge in [-0.1, -0.05) is 32.6 Å². The van der Waals surface area contributed by atoms with Crippen molar-refractivity contribution in [1.29, 1.82) is 0 Å². The monoisotopic (exact) mass is 468 g/mol. The van der Waals surface area contributed by atoms with Crippen molar-refractivity contribution in [2.75, 3.05) is 40.4 Å². The number of likely N-dealkylation sites (N-methyl/N-ethyl adjacent to an activating group) is 1. The maximum Gasteiger partial charge on any atom is 0.191 e. The fraction of sp³-hybridized carbons (Fsp3) is 0.947. The van der Waals surface area contributed by atoms with Crippen LogP contribution in [0.15, 0.2) is 4.99 Å². The quantitative estimate of drug-likeness (QED) is 0.223. The number of hydrogen-bond donors (Lipinski definition) is 2. The predicted molar refractivity (Wildman–Crippen MR) is 119 cm³/mol. The summed E-state index contributed by atoms with van der Waals surface area (Å²) in [5.74, 6) is 0.952. The molecule has 1 atom stereocenters. The van der Waals surface area contributed by atoms with Gasteiger partial charge in [0, 0.05) is 31.3 Å². The molecule has 1 rings (SSSR count). The van der Waals surface area contributed by atoms with Gasteiger partial charge in [-0.3, -0.25) is 4.99 Å². The van der Waals surface area contributed by atoms with Crippen molar-refractivity contribution in [3.63, 3.8) is 0 Å². The minimum atomic E-state index is 0. The standard InChI is InChI=1S/C19H40N4O.HI/c1-6-8-9-10-11-17(3)22-18(20-7-2)21-16-19(23(4)5)12-14-24-15-13-19;/h17H,6-16H2,1-5H3,(H2,20,21,22);1H. The Morgan fingerprint density at radius 2 is 1.84 bits per heavy atom. The minimum absolute atomic E-state index is 0. The molecule has 150 valence electrons. The number of ether oxygens (including phenoxy) is 1. The van der Waals surface area contributed by atoms with Crippen LogP contribution in [0.5, 0.6) is 0 Å². The molecule has 1 unspecified atom stereocenters. The van der Waals surface area contributed by atoms with Gasteiger partial charge in [-0.15, -0.1) is 24.0 Å². The van der Waals surface area contributed by atoms with E-state index in [2.05, 4.69) is 50.4 Å². The summed E-state index contributed by atoms with van der Waals surface area (Å²) in [7, 11) is 4.33. The lowest BCUT2D eigenvalue weighted by Gasteiger charge is -2.41. The average Bonchev–Trinajstić information content (AvgIpc) is 2.57. The molecule has 6 heteroatoms. The molecule has 2 N–H and O–H groups in total. The van der Waals surface area contributed by atoms with E-state index in [1.165, 1.54) is 32.1 Å². The molecule has 0 aromatic rings. The van der Waals surface area contributed by atoms with E-state index in [0.717, 1.165) is 45.1 Å². The van der Waals surface area contributed by atoms with Gasteiger partial charge < -0.3 is 20.3 Å². The van der Waals surface area contributed by atoms with Crippen LogP contribution in [0.25, 0.3) is 0 Å². The molecule has 25 heavy (non-hydrogen) atoms. The normalized spacial score (nSPS) is 18.6. The fourth-order valence-corrected chi connectivity index (χ4v) is 3.23. The lowest BCUT2D eigenvalue weighted by Crippen LogP contribution is -2.52. The molecule has 1 aliphatic heterocycles. The molecule has 1 heterocycles. The molecule has 1 fully saturated rings. The summed E-state index contributed by atoms with van der Waals surface area (Å²) >= 11 is 0. The average molecular weight is 468 g/mol. The van der Waals surface area contributed by atoms with Crippen LogP contribution in [0.1, 0.15) is 65.7 Å². The third-order valence-corrected chi connectivity index (χ3v) is 5.12. The molecule has 0 amide bonds. The van der Waals surface area contributed by atoms with Crippen LogP contribution in [0, 0.1) is 0 Å². The van der Waals surface area contributed by atoms with E-state index < -0.39 is 0 Å². The maximum atomic E-state index is 5.55.